The smallest absolute Gasteiger partial charge is 0.230 e. The lowest BCUT2D eigenvalue weighted by molar-refractivity contribution is -0.119. The lowest BCUT2D eigenvalue weighted by Crippen LogP contribution is -2.48. The number of thioether (sulfide) groups is 1. The number of carbonyl (C=O) groups is 1. The van der Waals surface area contributed by atoms with E-state index in [1.165, 1.54) is 12.1 Å². The Morgan fingerprint density at radius 1 is 1.18 bits per heavy atom. The predicted octanol–water partition coefficient (Wildman–Crippen LogP) is 3.64. The van der Waals surface area contributed by atoms with Crippen molar-refractivity contribution in [1.82, 2.24) is 10.2 Å². The summed E-state index contributed by atoms with van der Waals surface area (Å²) in [5.41, 5.74) is 1.13. The van der Waals surface area contributed by atoms with Crippen LogP contribution in [0.15, 0.2) is 53.4 Å². The molecule has 7 heteroatoms. The molecule has 1 aliphatic rings. The summed E-state index contributed by atoms with van der Waals surface area (Å²) in [6.45, 7) is 4.92. The molecule has 150 valence electrons. The number of ether oxygens (including phenoxy) is 1. The van der Waals surface area contributed by atoms with Crippen LogP contribution in [-0.4, -0.2) is 48.9 Å². The van der Waals surface area contributed by atoms with E-state index in [0.29, 0.717) is 13.2 Å². The van der Waals surface area contributed by atoms with Crippen molar-refractivity contribution in [1.29, 1.82) is 0 Å². The quantitative estimate of drug-likeness (QED) is 0.713. The van der Waals surface area contributed by atoms with Crippen LogP contribution < -0.4 is 5.32 Å². The van der Waals surface area contributed by atoms with E-state index in [1.54, 1.807) is 0 Å². The van der Waals surface area contributed by atoms with Gasteiger partial charge in [0.05, 0.1) is 25.0 Å². The summed E-state index contributed by atoms with van der Waals surface area (Å²) in [5, 5.41) is 3.04. The standard InChI is InChI=1S/C21H24F2N2O2S/c1-15(24-20(26)14-28-19-8-7-17(22)13-18(19)23)21(16-5-3-2-4-6-16)25-9-11-27-12-10-25/h2-8,13,15,21H,9-12,14H2,1H3,(H,24,26)/t15-,21-/m1/s1. The molecule has 1 fully saturated rings. The first-order valence-electron chi connectivity index (χ1n) is 9.28. The molecule has 1 amide bonds. The molecule has 1 saturated heterocycles. The maximum Gasteiger partial charge on any atom is 0.230 e. The second-order valence-electron chi connectivity index (χ2n) is 6.72. The average Bonchev–Trinajstić information content (AvgIpc) is 2.69. The van der Waals surface area contributed by atoms with Crippen molar-refractivity contribution in [2.75, 3.05) is 32.1 Å². The number of carbonyl (C=O) groups excluding carboxylic acids is 1. The third kappa shape index (κ3) is 5.53. The molecule has 4 nitrogen and oxygen atoms in total. The van der Waals surface area contributed by atoms with Crippen molar-refractivity contribution in [3.8, 4) is 0 Å². The van der Waals surface area contributed by atoms with Crippen molar-refractivity contribution in [2.45, 2.75) is 23.9 Å². The van der Waals surface area contributed by atoms with Gasteiger partial charge >= 0.3 is 0 Å². The molecular weight excluding hydrogens is 382 g/mol. The first kappa shape index (κ1) is 20.8. The van der Waals surface area contributed by atoms with Crippen LogP contribution in [-0.2, 0) is 9.53 Å². The van der Waals surface area contributed by atoms with Gasteiger partial charge in [0.25, 0.3) is 0 Å². The lowest BCUT2D eigenvalue weighted by atomic mass is 9.98. The molecule has 0 unspecified atom stereocenters. The Bertz CT molecular complexity index is 785. The van der Waals surface area contributed by atoms with Crippen LogP contribution in [0.25, 0.3) is 0 Å². The van der Waals surface area contributed by atoms with E-state index < -0.39 is 11.6 Å². The number of benzene rings is 2. The second-order valence-corrected chi connectivity index (χ2v) is 7.74. The Morgan fingerprint density at radius 3 is 2.57 bits per heavy atom. The number of nitrogens with one attached hydrogen (secondary N) is 1. The van der Waals surface area contributed by atoms with E-state index in [2.05, 4.69) is 22.3 Å². The van der Waals surface area contributed by atoms with Crippen molar-refractivity contribution in [3.63, 3.8) is 0 Å². The Hall–Kier alpha value is -1.96. The van der Waals surface area contributed by atoms with Gasteiger partial charge in [0, 0.05) is 30.1 Å². The summed E-state index contributed by atoms with van der Waals surface area (Å²) in [7, 11) is 0. The zero-order valence-electron chi connectivity index (χ0n) is 15.7. The van der Waals surface area contributed by atoms with E-state index in [0.717, 1.165) is 36.5 Å². The number of morpholine rings is 1. The highest BCUT2D eigenvalue weighted by atomic mass is 32.2. The van der Waals surface area contributed by atoms with Crippen molar-refractivity contribution >= 4 is 17.7 Å². The number of hydrogen-bond donors (Lipinski definition) is 1. The van der Waals surface area contributed by atoms with Crippen LogP contribution in [0.3, 0.4) is 0 Å². The van der Waals surface area contributed by atoms with Crippen LogP contribution in [0.5, 0.6) is 0 Å². The molecule has 0 spiro atoms. The third-order valence-corrected chi connectivity index (χ3v) is 5.74. The summed E-state index contributed by atoms with van der Waals surface area (Å²) in [6.07, 6.45) is 0. The first-order valence-corrected chi connectivity index (χ1v) is 10.3. The van der Waals surface area contributed by atoms with Gasteiger partial charge in [0.2, 0.25) is 5.91 Å². The first-order chi connectivity index (χ1) is 13.5. The van der Waals surface area contributed by atoms with Gasteiger partial charge in [-0.1, -0.05) is 30.3 Å². The Balaban J connectivity index is 1.63. The van der Waals surface area contributed by atoms with Crippen molar-refractivity contribution in [2.24, 2.45) is 0 Å². The molecule has 1 heterocycles. The molecule has 0 aromatic heterocycles. The minimum absolute atomic E-state index is 0.0293. The van der Waals surface area contributed by atoms with Gasteiger partial charge in [-0.15, -0.1) is 11.8 Å². The number of amides is 1. The molecule has 1 N–H and O–H groups in total. The van der Waals surface area contributed by atoms with Gasteiger partial charge < -0.3 is 10.1 Å². The van der Waals surface area contributed by atoms with E-state index in [1.807, 2.05) is 25.1 Å². The Kier molecular flexibility index (Phi) is 7.42. The Labute approximate surface area is 168 Å². The van der Waals surface area contributed by atoms with E-state index >= 15 is 0 Å². The molecule has 0 saturated carbocycles. The minimum atomic E-state index is -0.652. The topological polar surface area (TPSA) is 41.6 Å². The highest BCUT2D eigenvalue weighted by Gasteiger charge is 2.28. The maximum absolute atomic E-state index is 13.7. The number of nitrogens with zero attached hydrogens (tertiary/aromatic N) is 1. The maximum atomic E-state index is 13.7. The highest BCUT2D eigenvalue weighted by molar-refractivity contribution is 8.00. The fourth-order valence-electron chi connectivity index (χ4n) is 3.43. The molecule has 3 rings (SSSR count). The second kappa shape index (κ2) is 10.0. The largest absolute Gasteiger partial charge is 0.379 e. The predicted molar refractivity (Wildman–Crippen MR) is 106 cm³/mol. The third-order valence-electron chi connectivity index (χ3n) is 4.70. The summed E-state index contributed by atoms with van der Waals surface area (Å²) in [5.74, 6) is -1.40. The molecular formula is C21H24F2N2O2S. The summed E-state index contributed by atoms with van der Waals surface area (Å²) in [6, 6.07) is 13.3. The molecule has 0 bridgehead atoms. The van der Waals surface area contributed by atoms with Gasteiger partial charge in [0.1, 0.15) is 11.6 Å². The number of halogens is 2. The van der Waals surface area contributed by atoms with Gasteiger partial charge in [-0.3, -0.25) is 9.69 Å². The van der Waals surface area contributed by atoms with Crippen LogP contribution in [0.1, 0.15) is 18.5 Å². The summed E-state index contributed by atoms with van der Waals surface area (Å²) in [4.78, 5) is 15.0. The Morgan fingerprint density at radius 2 is 1.89 bits per heavy atom. The fraction of sp³-hybridized carbons (Fsp3) is 0.381. The van der Waals surface area contributed by atoms with Crippen LogP contribution in [0.4, 0.5) is 8.78 Å². The lowest BCUT2D eigenvalue weighted by Gasteiger charge is -2.38. The normalized spacial score (nSPS) is 17.1. The van der Waals surface area contributed by atoms with Gasteiger partial charge in [-0.2, -0.15) is 0 Å². The minimum Gasteiger partial charge on any atom is -0.379 e. The zero-order valence-corrected chi connectivity index (χ0v) is 16.6. The van der Waals surface area contributed by atoms with E-state index in [-0.39, 0.29) is 28.6 Å². The van der Waals surface area contributed by atoms with E-state index in [4.69, 9.17) is 4.74 Å². The summed E-state index contributed by atoms with van der Waals surface area (Å²) >= 11 is 1.06. The van der Waals surface area contributed by atoms with Crippen molar-refractivity contribution < 1.29 is 18.3 Å². The van der Waals surface area contributed by atoms with Gasteiger partial charge in [0.15, 0.2) is 0 Å². The molecule has 28 heavy (non-hydrogen) atoms. The fourth-order valence-corrected chi connectivity index (χ4v) is 4.16. The van der Waals surface area contributed by atoms with E-state index in [9.17, 15) is 13.6 Å². The molecule has 2 aromatic rings. The average molecular weight is 406 g/mol. The van der Waals surface area contributed by atoms with Crippen LogP contribution in [0, 0.1) is 11.6 Å². The molecule has 0 radical (unpaired) electrons. The molecule has 2 atom stereocenters. The monoisotopic (exact) mass is 406 g/mol. The number of rotatable bonds is 7. The zero-order chi connectivity index (χ0) is 19.9. The highest BCUT2D eigenvalue weighted by Crippen LogP contribution is 2.26. The van der Waals surface area contributed by atoms with Gasteiger partial charge in [-0.25, -0.2) is 8.78 Å². The SMILES string of the molecule is C[C@@H](NC(=O)CSc1ccc(F)cc1F)[C@H](c1ccccc1)N1CCOCC1. The molecule has 0 aliphatic carbocycles. The van der Waals surface area contributed by atoms with Crippen LogP contribution >= 0.6 is 11.8 Å². The number of hydrogen-bond acceptors (Lipinski definition) is 4. The molecule has 2 aromatic carbocycles. The van der Waals surface area contributed by atoms with Crippen LogP contribution in [0.2, 0.25) is 0 Å². The molecule has 1 aliphatic heterocycles. The van der Waals surface area contributed by atoms with Crippen molar-refractivity contribution in [3.05, 3.63) is 65.7 Å². The summed E-state index contributed by atoms with van der Waals surface area (Å²) < 4.78 is 32.2. The van der Waals surface area contributed by atoms with Gasteiger partial charge in [-0.05, 0) is 24.6 Å².